The van der Waals surface area contributed by atoms with E-state index in [9.17, 15) is 4.79 Å². The summed E-state index contributed by atoms with van der Waals surface area (Å²) in [6.45, 7) is 4.24. The lowest BCUT2D eigenvalue weighted by atomic mass is 10.1. The molecular formula is C10H10O3. The maximum atomic E-state index is 11.0. The molecule has 0 N–H and O–H groups in total. The molecule has 3 nitrogen and oxygen atoms in total. The van der Waals surface area contributed by atoms with Crippen molar-refractivity contribution in [1.82, 2.24) is 0 Å². The zero-order valence-electron chi connectivity index (χ0n) is 7.59. The Kier molecular flexibility index (Phi) is 1.72. The van der Waals surface area contributed by atoms with Crippen LogP contribution in [0.1, 0.15) is 25.2 Å². The predicted octanol–water partition coefficient (Wildman–Crippen LogP) is 1.92. The lowest BCUT2D eigenvalue weighted by Gasteiger charge is -2.17. The van der Waals surface area contributed by atoms with Gasteiger partial charge in [-0.2, -0.15) is 0 Å². The van der Waals surface area contributed by atoms with E-state index in [1.807, 2.05) is 13.8 Å². The van der Waals surface area contributed by atoms with E-state index in [1.54, 1.807) is 6.07 Å². The van der Waals surface area contributed by atoms with E-state index in [0.717, 1.165) is 16.9 Å². The second-order valence-electron chi connectivity index (χ2n) is 3.08. The number of fused-ring (bicyclic) bond motifs is 1. The summed E-state index contributed by atoms with van der Waals surface area (Å²) in [6, 6.07) is 3.16. The van der Waals surface area contributed by atoms with Crippen LogP contribution in [0, 0.1) is 0 Å². The first-order chi connectivity index (χ1) is 6.18. The van der Waals surface area contributed by atoms with Crippen LogP contribution in [-0.4, -0.2) is 0 Å². The summed E-state index contributed by atoms with van der Waals surface area (Å²) in [5, 5.41) is 0. The molecule has 0 atom stereocenters. The van der Waals surface area contributed by atoms with E-state index < -0.39 is 0 Å². The molecule has 0 radical (unpaired) electrons. The molecule has 0 fully saturated rings. The highest BCUT2D eigenvalue weighted by atomic mass is 16.5. The minimum absolute atomic E-state index is 0.312. The van der Waals surface area contributed by atoms with Gasteiger partial charge >= 0.3 is 5.63 Å². The quantitative estimate of drug-likeness (QED) is 0.609. The number of hydrogen-bond donors (Lipinski definition) is 0. The third-order valence-electron chi connectivity index (χ3n) is 2.23. The van der Waals surface area contributed by atoms with Crippen molar-refractivity contribution in [2.45, 2.75) is 20.5 Å². The maximum absolute atomic E-state index is 11.0. The lowest BCUT2D eigenvalue weighted by Crippen LogP contribution is -2.08. The Balaban J connectivity index is 2.67. The van der Waals surface area contributed by atoms with Crippen LogP contribution < -0.4 is 5.63 Å². The van der Waals surface area contributed by atoms with E-state index in [4.69, 9.17) is 9.15 Å². The molecule has 0 unspecified atom stereocenters. The standard InChI is InChI=1S/C10H10O3/c1-6-7(2)12-5-8-3-4-9(11)13-10(6)8/h3-4H,5H2,1-2H3. The fraction of sp³-hybridized carbons (Fsp3) is 0.300. The van der Waals surface area contributed by atoms with Gasteiger partial charge in [0, 0.05) is 17.2 Å². The van der Waals surface area contributed by atoms with Gasteiger partial charge in [-0.15, -0.1) is 0 Å². The van der Waals surface area contributed by atoms with Crippen molar-refractivity contribution >= 4 is 5.57 Å². The van der Waals surface area contributed by atoms with Gasteiger partial charge in [-0.1, -0.05) is 0 Å². The van der Waals surface area contributed by atoms with Gasteiger partial charge in [-0.3, -0.25) is 0 Å². The van der Waals surface area contributed by atoms with Crippen LogP contribution in [0.15, 0.2) is 27.1 Å². The minimum Gasteiger partial charge on any atom is -0.493 e. The highest BCUT2D eigenvalue weighted by Gasteiger charge is 2.16. The molecule has 0 bridgehead atoms. The molecule has 2 heterocycles. The van der Waals surface area contributed by atoms with Crippen LogP contribution in [-0.2, 0) is 11.3 Å². The molecule has 68 valence electrons. The summed E-state index contributed by atoms with van der Waals surface area (Å²) in [7, 11) is 0. The Labute approximate surface area is 75.6 Å². The molecule has 0 saturated carbocycles. The second kappa shape index (κ2) is 2.76. The van der Waals surface area contributed by atoms with E-state index in [-0.39, 0.29) is 5.63 Å². The average molecular weight is 178 g/mol. The molecule has 1 aliphatic rings. The molecule has 1 aromatic rings. The summed E-state index contributed by atoms with van der Waals surface area (Å²) in [5.41, 5.74) is 1.52. The molecule has 1 aromatic heterocycles. The highest BCUT2D eigenvalue weighted by Crippen LogP contribution is 2.27. The Bertz CT molecular complexity index is 426. The number of allylic oxidation sites excluding steroid dienone is 2. The number of hydrogen-bond acceptors (Lipinski definition) is 3. The third-order valence-corrected chi connectivity index (χ3v) is 2.23. The Morgan fingerprint density at radius 3 is 2.85 bits per heavy atom. The topological polar surface area (TPSA) is 39.4 Å². The van der Waals surface area contributed by atoms with Crippen molar-refractivity contribution in [2.75, 3.05) is 0 Å². The monoisotopic (exact) mass is 178 g/mol. The van der Waals surface area contributed by atoms with Gasteiger partial charge in [0.25, 0.3) is 0 Å². The van der Waals surface area contributed by atoms with Gasteiger partial charge in [0.2, 0.25) is 0 Å². The molecule has 0 aliphatic carbocycles. The van der Waals surface area contributed by atoms with Gasteiger partial charge in [0.1, 0.15) is 18.1 Å². The van der Waals surface area contributed by atoms with Gasteiger partial charge in [0.05, 0.1) is 0 Å². The minimum atomic E-state index is -0.312. The summed E-state index contributed by atoms with van der Waals surface area (Å²) >= 11 is 0. The fourth-order valence-electron chi connectivity index (χ4n) is 1.33. The zero-order chi connectivity index (χ0) is 9.42. The fourth-order valence-corrected chi connectivity index (χ4v) is 1.33. The normalized spacial score (nSPS) is 15.2. The van der Waals surface area contributed by atoms with Crippen LogP contribution in [0.3, 0.4) is 0 Å². The van der Waals surface area contributed by atoms with Crippen LogP contribution in [0.5, 0.6) is 0 Å². The zero-order valence-corrected chi connectivity index (χ0v) is 7.59. The van der Waals surface area contributed by atoms with E-state index >= 15 is 0 Å². The molecule has 13 heavy (non-hydrogen) atoms. The first-order valence-corrected chi connectivity index (χ1v) is 4.12. The number of ether oxygens (including phenoxy) is 1. The molecule has 0 aromatic carbocycles. The van der Waals surface area contributed by atoms with E-state index in [2.05, 4.69) is 0 Å². The Hall–Kier alpha value is -1.51. The first kappa shape index (κ1) is 8.10. The summed E-state index contributed by atoms with van der Waals surface area (Å²) < 4.78 is 10.5. The molecule has 0 spiro atoms. The average Bonchev–Trinajstić information content (AvgIpc) is 2.12. The van der Waals surface area contributed by atoms with Crippen molar-refractivity contribution in [3.63, 3.8) is 0 Å². The van der Waals surface area contributed by atoms with Gasteiger partial charge < -0.3 is 9.15 Å². The molecule has 1 aliphatic heterocycles. The SMILES string of the molecule is CC1=C(C)c2oc(=O)ccc2CO1. The van der Waals surface area contributed by atoms with E-state index in [0.29, 0.717) is 12.4 Å². The predicted molar refractivity (Wildman–Crippen MR) is 48.0 cm³/mol. The van der Waals surface area contributed by atoms with Crippen molar-refractivity contribution < 1.29 is 9.15 Å². The second-order valence-corrected chi connectivity index (χ2v) is 3.08. The largest absolute Gasteiger partial charge is 0.493 e. The van der Waals surface area contributed by atoms with Crippen LogP contribution in [0.2, 0.25) is 0 Å². The Morgan fingerprint density at radius 1 is 1.31 bits per heavy atom. The summed E-state index contributed by atoms with van der Waals surface area (Å²) in [4.78, 5) is 11.0. The summed E-state index contributed by atoms with van der Waals surface area (Å²) in [5.74, 6) is 1.48. The summed E-state index contributed by atoms with van der Waals surface area (Å²) in [6.07, 6.45) is 0. The number of rotatable bonds is 0. The highest BCUT2D eigenvalue weighted by molar-refractivity contribution is 5.64. The Morgan fingerprint density at radius 2 is 2.08 bits per heavy atom. The van der Waals surface area contributed by atoms with Gasteiger partial charge in [0.15, 0.2) is 0 Å². The third kappa shape index (κ3) is 1.26. The van der Waals surface area contributed by atoms with Crippen molar-refractivity contribution in [3.05, 3.63) is 39.6 Å². The molecule has 0 amide bonds. The van der Waals surface area contributed by atoms with Gasteiger partial charge in [-0.25, -0.2) is 4.79 Å². The lowest BCUT2D eigenvalue weighted by molar-refractivity contribution is 0.191. The van der Waals surface area contributed by atoms with E-state index in [1.165, 1.54) is 6.07 Å². The van der Waals surface area contributed by atoms with Crippen molar-refractivity contribution in [2.24, 2.45) is 0 Å². The molecular weight excluding hydrogens is 168 g/mol. The first-order valence-electron chi connectivity index (χ1n) is 4.12. The molecule has 3 heteroatoms. The van der Waals surface area contributed by atoms with Crippen molar-refractivity contribution in [3.8, 4) is 0 Å². The van der Waals surface area contributed by atoms with Crippen LogP contribution >= 0.6 is 0 Å². The molecule has 0 saturated heterocycles. The van der Waals surface area contributed by atoms with Crippen LogP contribution in [0.4, 0.5) is 0 Å². The molecule has 2 rings (SSSR count). The van der Waals surface area contributed by atoms with Crippen LogP contribution in [0.25, 0.3) is 5.57 Å². The van der Waals surface area contributed by atoms with Crippen molar-refractivity contribution in [1.29, 1.82) is 0 Å². The van der Waals surface area contributed by atoms with Gasteiger partial charge in [-0.05, 0) is 19.9 Å². The maximum Gasteiger partial charge on any atom is 0.336 e. The smallest absolute Gasteiger partial charge is 0.336 e.